The fourth-order valence-corrected chi connectivity index (χ4v) is 4.18. The lowest BCUT2D eigenvalue weighted by Crippen LogP contribution is -2.52. The average Bonchev–Trinajstić information content (AvgIpc) is 3.18. The third kappa shape index (κ3) is 2.59. The van der Waals surface area contributed by atoms with Crippen LogP contribution in [-0.2, 0) is 0 Å². The summed E-state index contributed by atoms with van der Waals surface area (Å²) in [6, 6.07) is 5.05. The van der Waals surface area contributed by atoms with Gasteiger partial charge >= 0.3 is 0 Å². The summed E-state index contributed by atoms with van der Waals surface area (Å²) >= 11 is 6.39. The molecule has 0 saturated carbocycles. The van der Waals surface area contributed by atoms with E-state index in [9.17, 15) is 0 Å². The van der Waals surface area contributed by atoms with Gasteiger partial charge in [-0.3, -0.25) is 5.10 Å². The Bertz CT molecular complexity index is 953. The van der Waals surface area contributed by atoms with Crippen LogP contribution in [0.3, 0.4) is 0 Å². The topological polar surface area (TPSA) is 81.8 Å². The molecule has 8 heteroatoms. The van der Waals surface area contributed by atoms with Gasteiger partial charge in [-0.25, -0.2) is 4.98 Å². The molecule has 7 nitrogen and oxygen atoms in total. The van der Waals surface area contributed by atoms with Crippen LogP contribution in [0.1, 0.15) is 18.4 Å². The standard InChI is InChI=1S/C18H20ClN7/c1-10-4-16-11(6-22-25-16)5-15(10)23-17-14(19)9-21-18(24-17)26-12-2-3-13(26)8-20-7-12/h4-6,9,12-13,20H,2-3,7-8H2,1H3,(H,22,25)(H,21,23,24). The highest BCUT2D eigenvalue weighted by Crippen LogP contribution is 2.33. The molecule has 2 bridgehead atoms. The number of hydrogen-bond acceptors (Lipinski definition) is 6. The van der Waals surface area contributed by atoms with Crippen LogP contribution in [0.25, 0.3) is 10.9 Å². The van der Waals surface area contributed by atoms with Crippen LogP contribution in [-0.4, -0.2) is 45.3 Å². The lowest BCUT2D eigenvalue weighted by molar-refractivity contribution is 0.477. The van der Waals surface area contributed by atoms with Crippen LogP contribution in [0.5, 0.6) is 0 Å². The molecular weight excluding hydrogens is 350 g/mol. The number of H-pyrrole nitrogens is 1. The molecule has 1 aromatic carbocycles. The van der Waals surface area contributed by atoms with Crippen LogP contribution in [0.15, 0.2) is 24.5 Å². The number of aromatic nitrogens is 4. The van der Waals surface area contributed by atoms with E-state index in [2.05, 4.69) is 49.8 Å². The largest absolute Gasteiger partial charge is 0.339 e. The maximum absolute atomic E-state index is 6.39. The molecule has 2 fully saturated rings. The van der Waals surface area contributed by atoms with Crippen molar-refractivity contribution < 1.29 is 0 Å². The van der Waals surface area contributed by atoms with Crippen molar-refractivity contribution in [1.82, 2.24) is 25.5 Å². The second-order valence-electron chi connectivity index (χ2n) is 7.07. The quantitative estimate of drug-likeness (QED) is 0.658. The van der Waals surface area contributed by atoms with Crippen LogP contribution in [0, 0.1) is 6.92 Å². The number of benzene rings is 1. The van der Waals surface area contributed by atoms with Gasteiger partial charge < -0.3 is 15.5 Å². The van der Waals surface area contributed by atoms with Crippen molar-refractivity contribution in [3.8, 4) is 0 Å². The van der Waals surface area contributed by atoms with Gasteiger partial charge in [0.25, 0.3) is 0 Å². The molecule has 2 aliphatic heterocycles. The Morgan fingerprint density at radius 3 is 2.81 bits per heavy atom. The van der Waals surface area contributed by atoms with Crippen LogP contribution >= 0.6 is 11.6 Å². The number of halogens is 1. The Kier molecular flexibility index (Phi) is 3.72. The van der Waals surface area contributed by atoms with E-state index >= 15 is 0 Å². The molecule has 2 aliphatic rings. The van der Waals surface area contributed by atoms with Crippen molar-refractivity contribution in [3.63, 3.8) is 0 Å². The van der Waals surface area contributed by atoms with Gasteiger partial charge in [0.15, 0.2) is 5.82 Å². The summed E-state index contributed by atoms with van der Waals surface area (Å²) in [6.45, 7) is 4.03. The molecule has 3 aromatic rings. The van der Waals surface area contributed by atoms with Crippen molar-refractivity contribution >= 4 is 40.0 Å². The van der Waals surface area contributed by atoms with Gasteiger partial charge in [-0.15, -0.1) is 0 Å². The first kappa shape index (κ1) is 15.8. The predicted octanol–water partition coefficient (Wildman–Crippen LogP) is 3.00. The number of anilines is 3. The molecule has 0 radical (unpaired) electrons. The van der Waals surface area contributed by atoms with Gasteiger partial charge in [-0.2, -0.15) is 10.1 Å². The van der Waals surface area contributed by atoms with Gasteiger partial charge in [0, 0.05) is 36.2 Å². The Balaban J connectivity index is 1.49. The summed E-state index contributed by atoms with van der Waals surface area (Å²) in [5, 5.41) is 15.5. The first-order valence-electron chi connectivity index (χ1n) is 8.91. The van der Waals surface area contributed by atoms with Gasteiger partial charge in [0.2, 0.25) is 5.95 Å². The third-order valence-corrected chi connectivity index (χ3v) is 5.66. The van der Waals surface area contributed by atoms with Crippen molar-refractivity contribution in [2.24, 2.45) is 0 Å². The highest BCUT2D eigenvalue weighted by molar-refractivity contribution is 6.32. The molecule has 134 valence electrons. The number of nitrogens with one attached hydrogen (secondary N) is 3. The summed E-state index contributed by atoms with van der Waals surface area (Å²) in [5.74, 6) is 1.40. The number of aryl methyl sites for hydroxylation is 1. The van der Waals surface area contributed by atoms with Crippen molar-refractivity contribution in [2.75, 3.05) is 23.3 Å². The van der Waals surface area contributed by atoms with E-state index in [1.54, 1.807) is 6.20 Å². The molecule has 4 heterocycles. The summed E-state index contributed by atoms with van der Waals surface area (Å²) in [7, 11) is 0. The number of rotatable bonds is 3. The molecule has 26 heavy (non-hydrogen) atoms. The van der Waals surface area contributed by atoms with Crippen molar-refractivity contribution in [1.29, 1.82) is 0 Å². The highest BCUT2D eigenvalue weighted by atomic mass is 35.5. The Labute approximate surface area is 156 Å². The van der Waals surface area contributed by atoms with Crippen LogP contribution < -0.4 is 15.5 Å². The van der Waals surface area contributed by atoms with E-state index in [1.807, 2.05) is 6.20 Å². The maximum atomic E-state index is 6.39. The second kappa shape index (κ2) is 6.10. The highest BCUT2D eigenvalue weighted by Gasteiger charge is 2.38. The van der Waals surface area contributed by atoms with Gasteiger partial charge in [-0.05, 0) is 37.5 Å². The monoisotopic (exact) mass is 369 g/mol. The lowest BCUT2D eigenvalue weighted by Gasteiger charge is -2.35. The van der Waals surface area contributed by atoms with E-state index in [0.717, 1.165) is 41.2 Å². The fraction of sp³-hybridized carbons (Fsp3) is 0.389. The summed E-state index contributed by atoms with van der Waals surface area (Å²) in [4.78, 5) is 11.6. The molecule has 2 atom stereocenters. The number of nitrogens with zero attached hydrogens (tertiary/aromatic N) is 4. The van der Waals surface area contributed by atoms with E-state index in [4.69, 9.17) is 16.6 Å². The number of aromatic amines is 1. The molecular formula is C18H20ClN7. The summed E-state index contributed by atoms with van der Waals surface area (Å²) < 4.78 is 0. The Hall–Kier alpha value is -2.38. The predicted molar refractivity (Wildman–Crippen MR) is 103 cm³/mol. The maximum Gasteiger partial charge on any atom is 0.227 e. The van der Waals surface area contributed by atoms with E-state index in [1.165, 1.54) is 12.8 Å². The van der Waals surface area contributed by atoms with E-state index < -0.39 is 0 Å². The van der Waals surface area contributed by atoms with Crippen LogP contribution in [0.2, 0.25) is 5.02 Å². The Morgan fingerprint density at radius 2 is 2.00 bits per heavy atom. The third-order valence-electron chi connectivity index (χ3n) is 5.38. The zero-order chi connectivity index (χ0) is 17.7. The molecule has 0 amide bonds. The van der Waals surface area contributed by atoms with E-state index in [-0.39, 0.29) is 0 Å². The summed E-state index contributed by atoms with van der Waals surface area (Å²) in [6.07, 6.45) is 5.87. The SMILES string of the molecule is Cc1cc2[nH]ncc2cc1Nc1nc(N2C3CCC2CNC3)ncc1Cl. The fourth-order valence-electron chi connectivity index (χ4n) is 4.04. The average molecular weight is 370 g/mol. The molecule has 0 spiro atoms. The number of fused-ring (bicyclic) bond motifs is 3. The van der Waals surface area contributed by atoms with Crippen molar-refractivity contribution in [2.45, 2.75) is 31.8 Å². The second-order valence-corrected chi connectivity index (χ2v) is 7.47. The minimum Gasteiger partial charge on any atom is -0.339 e. The zero-order valence-electron chi connectivity index (χ0n) is 14.5. The normalized spacial score (nSPS) is 22.2. The lowest BCUT2D eigenvalue weighted by atomic mass is 10.1. The summed E-state index contributed by atoms with van der Waals surface area (Å²) in [5.41, 5.74) is 3.08. The minimum absolute atomic E-state index is 0.465. The van der Waals surface area contributed by atoms with Gasteiger partial charge in [0.05, 0.1) is 17.9 Å². The molecule has 2 unspecified atom stereocenters. The van der Waals surface area contributed by atoms with Crippen LogP contribution in [0.4, 0.5) is 17.5 Å². The number of piperazine rings is 1. The van der Waals surface area contributed by atoms with E-state index in [0.29, 0.717) is 22.9 Å². The number of hydrogen-bond donors (Lipinski definition) is 3. The molecule has 5 rings (SSSR count). The minimum atomic E-state index is 0.465. The smallest absolute Gasteiger partial charge is 0.227 e. The first-order chi connectivity index (χ1) is 12.7. The molecule has 2 saturated heterocycles. The van der Waals surface area contributed by atoms with Gasteiger partial charge in [-0.1, -0.05) is 11.6 Å². The molecule has 2 aromatic heterocycles. The van der Waals surface area contributed by atoms with Gasteiger partial charge in [0.1, 0.15) is 5.02 Å². The molecule has 3 N–H and O–H groups in total. The zero-order valence-corrected chi connectivity index (χ0v) is 15.2. The Morgan fingerprint density at radius 1 is 1.19 bits per heavy atom. The molecule has 0 aliphatic carbocycles. The first-order valence-corrected chi connectivity index (χ1v) is 9.29. The van der Waals surface area contributed by atoms with Crippen molar-refractivity contribution in [3.05, 3.63) is 35.1 Å².